The molecule has 0 aromatic heterocycles. The highest BCUT2D eigenvalue weighted by Gasteiger charge is 2.50. The first kappa shape index (κ1) is 19.3. The summed E-state index contributed by atoms with van der Waals surface area (Å²) >= 11 is 16.6. The van der Waals surface area contributed by atoms with Gasteiger partial charge in [-0.2, -0.15) is 0 Å². The van der Waals surface area contributed by atoms with E-state index in [4.69, 9.17) is 53.8 Å². The van der Waals surface area contributed by atoms with E-state index in [9.17, 15) is 9.90 Å². The molecule has 2 fully saturated rings. The summed E-state index contributed by atoms with van der Waals surface area (Å²) in [5.74, 6) is -0.841. The molecule has 0 aromatic rings. The van der Waals surface area contributed by atoms with Gasteiger partial charge in [-0.3, -0.25) is 0 Å². The van der Waals surface area contributed by atoms with Crippen LogP contribution in [0.3, 0.4) is 0 Å². The van der Waals surface area contributed by atoms with Crippen LogP contribution in [0.5, 0.6) is 0 Å². The van der Waals surface area contributed by atoms with Crippen LogP contribution in [0.25, 0.3) is 0 Å². The third-order valence-corrected chi connectivity index (χ3v) is 3.96. The third kappa shape index (κ3) is 5.22. The van der Waals surface area contributed by atoms with Crippen LogP contribution in [0.15, 0.2) is 0 Å². The molecular formula is C13H20Cl3NO6. The summed E-state index contributed by atoms with van der Waals surface area (Å²) < 4.78 is 20.1. The Morgan fingerprint density at radius 2 is 2.09 bits per heavy atom. The highest BCUT2D eigenvalue weighted by Crippen LogP contribution is 2.32. The zero-order chi connectivity index (χ0) is 17.4. The van der Waals surface area contributed by atoms with Crippen molar-refractivity contribution in [1.82, 2.24) is 5.32 Å². The number of rotatable bonds is 2. The largest absolute Gasteiger partial charge is 0.445 e. The predicted molar refractivity (Wildman–Crippen MR) is 83.8 cm³/mol. The molecule has 10 heteroatoms. The molecule has 2 aliphatic rings. The van der Waals surface area contributed by atoms with E-state index in [0.29, 0.717) is 6.61 Å². The fourth-order valence-corrected chi connectivity index (χ4v) is 2.76. The molecule has 0 spiro atoms. The highest BCUT2D eigenvalue weighted by molar-refractivity contribution is 6.67. The molecule has 0 radical (unpaired) electrons. The number of carbonyl (C=O) groups is 1. The molecule has 7 nitrogen and oxygen atoms in total. The summed E-state index contributed by atoms with van der Waals surface area (Å²) in [5, 5.41) is 13.1. The first-order chi connectivity index (χ1) is 10.5. The Labute approximate surface area is 149 Å². The molecule has 0 aromatic carbocycles. The number of amides is 1. The SMILES string of the molecule is CC1OC2COC(C)(C)OC2C(O)C1NC(=O)OCC(Cl)(Cl)Cl. The number of alkyl halides is 3. The van der Waals surface area contributed by atoms with Gasteiger partial charge < -0.3 is 29.4 Å². The number of ether oxygens (including phenoxy) is 4. The second kappa shape index (κ2) is 7.07. The van der Waals surface area contributed by atoms with Crippen LogP contribution < -0.4 is 5.32 Å². The first-order valence-electron chi connectivity index (χ1n) is 7.14. The standard InChI is InChI=1S/C13H20Cl3NO6/c1-6-8(17-11(19)20-5-13(14,15)16)9(18)10-7(22-6)4-21-12(2,3)23-10/h6-10,18H,4-5H2,1-3H3,(H,17,19). The van der Waals surface area contributed by atoms with Gasteiger partial charge in [0.25, 0.3) is 0 Å². The van der Waals surface area contributed by atoms with Gasteiger partial charge in [0.2, 0.25) is 3.79 Å². The summed E-state index contributed by atoms with van der Waals surface area (Å²) in [4.78, 5) is 11.8. The number of alkyl carbamates (subject to hydrolysis) is 1. The molecule has 5 atom stereocenters. The minimum atomic E-state index is -1.70. The Morgan fingerprint density at radius 1 is 1.43 bits per heavy atom. The van der Waals surface area contributed by atoms with E-state index < -0.39 is 52.7 Å². The van der Waals surface area contributed by atoms with Crippen molar-refractivity contribution in [3.63, 3.8) is 0 Å². The maximum absolute atomic E-state index is 11.8. The molecule has 2 rings (SSSR count). The van der Waals surface area contributed by atoms with Gasteiger partial charge in [0.05, 0.1) is 18.8 Å². The average Bonchev–Trinajstić information content (AvgIpc) is 2.41. The van der Waals surface area contributed by atoms with Crippen LogP contribution in [-0.2, 0) is 18.9 Å². The second-order valence-electron chi connectivity index (χ2n) is 6.02. The average molecular weight is 393 g/mol. The number of halogens is 3. The summed E-state index contributed by atoms with van der Waals surface area (Å²) in [6, 6.07) is -0.729. The van der Waals surface area contributed by atoms with E-state index in [-0.39, 0.29) is 0 Å². The van der Waals surface area contributed by atoms with E-state index in [1.54, 1.807) is 20.8 Å². The number of carbonyl (C=O) groups excluding carboxylic acids is 1. The minimum Gasteiger partial charge on any atom is -0.445 e. The Morgan fingerprint density at radius 3 is 2.70 bits per heavy atom. The molecule has 0 bridgehead atoms. The van der Waals surface area contributed by atoms with Gasteiger partial charge in [-0.25, -0.2) is 4.79 Å². The molecular weight excluding hydrogens is 373 g/mol. The second-order valence-corrected chi connectivity index (χ2v) is 8.54. The van der Waals surface area contributed by atoms with E-state index >= 15 is 0 Å². The monoisotopic (exact) mass is 391 g/mol. The topological polar surface area (TPSA) is 86.3 Å². The van der Waals surface area contributed by atoms with Crippen molar-refractivity contribution in [2.24, 2.45) is 0 Å². The lowest BCUT2D eigenvalue weighted by atomic mass is 9.92. The number of fused-ring (bicyclic) bond motifs is 1. The Bertz CT molecular complexity index is 444. The maximum Gasteiger partial charge on any atom is 0.407 e. The van der Waals surface area contributed by atoms with Crippen molar-refractivity contribution in [3.8, 4) is 0 Å². The van der Waals surface area contributed by atoms with Gasteiger partial charge in [0.1, 0.15) is 24.9 Å². The van der Waals surface area contributed by atoms with Crippen LogP contribution in [-0.4, -0.2) is 64.5 Å². The fourth-order valence-electron chi connectivity index (χ4n) is 2.59. The van der Waals surface area contributed by atoms with Crippen molar-refractivity contribution < 1.29 is 28.8 Å². The van der Waals surface area contributed by atoms with Crippen LogP contribution >= 0.6 is 34.8 Å². The fraction of sp³-hybridized carbons (Fsp3) is 0.923. The highest BCUT2D eigenvalue weighted by atomic mass is 35.6. The van der Waals surface area contributed by atoms with E-state index in [1.807, 2.05) is 0 Å². The molecule has 2 heterocycles. The minimum absolute atomic E-state index is 0.295. The molecule has 2 aliphatic heterocycles. The van der Waals surface area contributed by atoms with Crippen molar-refractivity contribution in [2.45, 2.75) is 60.8 Å². The van der Waals surface area contributed by atoms with Gasteiger partial charge >= 0.3 is 6.09 Å². The lowest BCUT2D eigenvalue weighted by Gasteiger charge is -2.49. The van der Waals surface area contributed by atoms with E-state index in [1.165, 1.54) is 0 Å². The molecule has 0 aliphatic carbocycles. The number of hydrogen-bond donors (Lipinski definition) is 2. The maximum atomic E-state index is 11.8. The molecule has 2 saturated heterocycles. The van der Waals surface area contributed by atoms with Crippen LogP contribution in [0.4, 0.5) is 4.79 Å². The van der Waals surface area contributed by atoms with E-state index in [0.717, 1.165) is 0 Å². The van der Waals surface area contributed by atoms with Crippen LogP contribution in [0.2, 0.25) is 0 Å². The summed E-state index contributed by atoms with van der Waals surface area (Å²) in [5.41, 5.74) is 0. The molecule has 1 amide bonds. The number of hydrogen-bond acceptors (Lipinski definition) is 6. The van der Waals surface area contributed by atoms with Crippen LogP contribution in [0.1, 0.15) is 20.8 Å². The normalized spacial score (nSPS) is 36.9. The van der Waals surface area contributed by atoms with Crippen molar-refractivity contribution in [2.75, 3.05) is 13.2 Å². The molecule has 23 heavy (non-hydrogen) atoms. The van der Waals surface area contributed by atoms with Gasteiger partial charge in [-0.1, -0.05) is 34.8 Å². The van der Waals surface area contributed by atoms with Crippen molar-refractivity contribution in [1.29, 1.82) is 0 Å². The Kier molecular flexibility index (Phi) is 5.94. The Balaban J connectivity index is 1.97. The zero-order valence-electron chi connectivity index (χ0n) is 12.9. The quantitative estimate of drug-likeness (QED) is 0.696. The molecule has 134 valence electrons. The smallest absolute Gasteiger partial charge is 0.407 e. The summed E-state index contributed by atoms with van der Waals surface area (Å²) in [6.07, 6.45) is -3.33. The van der Waals surface area contributed by atoms with E-state index in [2.05, 4.69) is 5.32 Å². The van der Waals surface area contributed by atoms with Crippen molar-refractivity contribution in [3.05, 3.63) is 0 Å². The number of nitrogens with one attached hydrogen (secondary N) is 1. The molecule has 2 N–H and O–H groups in total. The summed E-state index contributed by atoms with van der Waals surface area (Å²) in [6.45, 7) is 5.09. The molecule has 5 unspecified atom stereocenters. The zero-order valence-corrected chi connectivity index (χ0v) is 15.2. The Hall–Kier alpha value is -0.0200. The number of aliphatic hydroxyl groups excluding tert-OH is 1. The number of aliphatic hydroxyl groups is 1. The predicted octanol–water partition coefficient (Wildman–Crippen LogP) is 1.75. The lowest BCUT2D eigenvalue weighted by Crippen LogP contribution is -2.67. The third-order valence-electron chi connectivity index (χ3n) is 3.63. The summed E-state index contributed by atoms with van der Waals surface area (Å²) in [7, 11) is 0. The lowest BCUT2D eigenvalue weighted by molar-refractivity contribution is -0.346. The van der Waals surface area contributed by atoms with Crippen molar-refractivity contribution >= 4 is 40.9 Å². The first-order valence-corrected chi connectivity index (χ1v) is 8.27. The van der Waals surface area contributed by atoms with Crippen LogP contribution in [0, 0.1) is 0 Å². The molecule has 0 saturated carbocycles. The van der Waals surface area contributed by atoms with Gasteiger partial charge in [0.15, 0.2) is 5.79 Å². The van der Waals surface area contributed by atoms with Gasteiger partial charge in [0, 0.05) is 0 Å². The van der Waals surface area contributed by atoms with Gasteiger partial charge in [-0.05, 0) is 20.8 Å². The van der Waals surface area contributed by atoms with Gasteiger partial charge in [-0.15, -0.1) is 0 Å².